The highest BCUT2D eigenvalue weighted by Crippen LogP contribution is 2.22. The van der Waals surface area contributed by atoms with Gasteiger partial charge >= 0.3 is 13.5 Å². The van der Waals surface area contributed by atoms with Crippen molar-refractivity contribution < 1.29 is 33.1 Å². The van der Waals surface area contributed by atoms with Crippen molar-refractivity contribution >= 4 is 12.6 Å². The zero-order chi connectivity index (χ0) is 12.3. The van der Waals surface area contributed by atoms with Crippen LogP contribution in [-0.4, -0.2) is 28.6 Å². The van der Waals surface area contributed by atoms with Crippen molar-refractivity contribution in [2.45, 2.75) is 13.0 Å². The highest BCUT2D eigenvalue weighted by Gasteiger charge is 2.31. The number of rotatable bonds is 3. The number of halogens is 3. The molecule has 0 aliphatic heterocycles. The molecule has 0 unspecified atom stereocenters. The molecular formula is C8H8BF3O4. The van der Waals surface area contributed by atoms with Crippen LogP contribution in [0.4, 0.5) is 13.2 Å². The van der Waals surface area contributed by atoms with Crippen LogP contribution in [0.15, 0.2) is 18.2 Å². The monoisotopic (exact) mass is 236 g/mol. The maximum absolute atomic E-state index is 11.9. The minimum Gasteiger partial charge on any atom is -0.423 e. The molecule has 0 aliphatic carbocycles. The van der Waals surface area contributed by atoms with Gasteiger partial charge in [-0.1, -0.05) is 6.07 Å². The van der Waals surface area contributed by atoms with Gasteiger partial charge in [-0.3, -0.25) is 0 Å². The van der Waals surface area contributed by atoms with E-state index < -0.39 is 25.8 Å². The topological polar surface area (TPSA) is 69.9 Å². The van der Waals surface area contributed by atoms with Crippen LogP contribution in [0.5, 0.6) is 5.75 Å². The van der Waals surface area contributed by atoms with E-state index in [-0.39, 0.29) is 11.0 Å². The van der Waals surface area contributed by atoms with Gasteiger partial charge in [-0.15, -0.1) is 13.2 Å². The highest BCUT2D eigenvalue weighted by molar-refractivity contribution is 6.58. The molecule has 1 rings (SSSR count). The first kappa shape index (κ1) is 12.8. The minimum atomic E-state index is -4.87. The standard InChI is InChI=1S/C8H8BF3O4/c10-8(11,12)16-7-2-5(4-13)1-6(3-7)9(14)15/h1-3,13-15H,4H2. The number of aliphatic hydroxyl groups is 1. The van der Waals surface area contributed by atoms with Crippen molar-refractivity contribution in [1.82, 2.24) is 0 Å². The Morgan fingerprint density at radius 2 is 1.81 bits per heavy atom. The maximum Gasteiger partial charge on any atom is 0.573 e. The smallest absolute Gasteiger partial charge is 0.423 e. The Kier molecular flexibility index (Phi) is 3.79. The van der Waals surface area contributed by atoms with Crippen LogP contribution in [0.1, 0.15) is 5.56 Å². The van der Waals surface area contributed by atoms with Gasteiger partial charge in [-0.2, -0.15) is 0 Å². The summed E-state index contributed by atoms with van der Waals surface area (Å²) in [5, 5.41) is 26.4. The fraction of sp³-hybridized carbons (Fsp3) is 0.250. The Morgan fingerprint density at radius 3 is 2.25 bits per heavy atom. The number of alkyl halides is 3. The molecule has 3 N–H and O–H groups in total. The quantitative estimate of drug-likeness (QED) is 0.633. The van der Waals surface area contributed by atoms with Gasteiger partial charge in [-0.25, -0.2) is 0 Å². The predicted molar refractivity (Wildman–Crippen MR) is 48.9 cm³/mol. The average molecular weight is 236 g/mol. The summed E-state index contributed by atoms with van der Waals surface area (Å²) in [4.78, 5) is 0. The Balaban J connectivity index is 3.04. The number of benzene rings is 1. The number of ether oxygens (including phenoxy) is 1. The van der Waals surface area contributed by atoms with Crippen LogP contribution >= 0.6 is 0 Å². The van der Waals surface area contributed by atoms with Gasteiger partial charge < -0.3 is 19.9 Å². The van der Waals surface area contributed by atoms with Crippen molar-refractivity contribution in [2.24, 2.45) is 0 Å². The minimum absolute atomic E-state index is 0.0878. The molecule has 0 saturated carbocycles. The first-order valence-electron chi connectivity index (χ1n) is 4.18. The Bertz CT molecular complexity index is 367. The second-order valence-corrected chi connectivity index (χ2v) is 2.99. The lowest BCUT2D eigenvalue weighted by Gasteiger charge is -2.11. The molecule has 88 valence electrons. The zero-order valence-electron chi connectivity index (χ0n) is 7.90. The summed E-state index contributed by atoms with van der Waals surface area (Å²) in [6, 6.07) is 2.95. The van der Waals surface area contributed by atoms with Crippen LogP contribution in [0, 0.1) is 0 Å². The molecule has 0 saturated heterocycles. The number of aliphatic hydroxyl groups excluding tert-OH is 1. The van der Waals surface area contributed by atoms with Crippen LogP contribution in [-0.2, 0) is 6.61 Å². The van der Waals surface area contributed by atoms with Gasteiger partial charge in [0, 0.05) is 0 Å². The number of hydrogen-bond acceptors (Lipinski definition) is 4. The van der Waals surface area contributed by atoms with E-state index in [1.807, 2.05) is 0 Å². The molecule has 0 radical (unpaired) electrons. The van der Waals surface area contributed by atoms with Crippen molar-refractivity contribution in [1.29, 1.82) is 0 Å². The van der Waals surface area contributed by atoms with Gasteiger partial charge in [0.05, 0.1) is 6.61 Å². The molecule has 8 heteroatoms. The van der Waals surface area contributed by atoms with Crippen LogP contribution in [0.3, 0.4) is 0 Å². The molecular weight excluding hydrogens is 228 g/mol. The first-order chi connectivity index (χ1) is 7.31. The van der Waals surface area contributed by atoms with Crippen LogP contribution < -0.4 is 10.2 Å². The van der Waals surface area contributed by atoms with Gasteiger partial charge in [0.25, 0.3) is 0 Å². The van der Waals surface area contributed by atoms with Crippen molar-refractivity contribution in [3.63, 3.8) is 0 Å². The van der Waals surface area contributed by atoms with E-state index in [0.717, 1.165) is 18.2 Å². The molecule has 1 aromatic carbocycles. The van der Waals surface area contributed by atoms with Gasteiger partial charge in [-0.05, 0) is 23.2 Å². The lowest BCUT2D eigenvalue weighted by atomic mass is 9.79. The van der Waals surface area contributed by atoms with Gasteiger partial charge in [0.2, 0.25) is 0 Å². The molecule has 0 amide bonds. The highest BCUT2D eigenvalue weighted by atomic mass is 19.4. The van der Waals surface area contributed by atoms with Crippen LogP contribution in [0.2, 0.25) is 0 Å². The van der Waals surface area contributed by atoms with E-state index in [4.69, 9.17) is 15.2 Å². The summed E-state index contributed by atoms with van der Waals surface area (Å²) in [5.74, 6) is -0.609. The first-order valence-corrected chi connectivity index (χ1v) is 4.18. The normalized spacial score (nSPS) is 11.4. The predicted octanol–water partition coefficient (Wildman–Crippen LogP) is -0.243. The van der Waals surface area contributed by atoms with E-state index in [1.165, 1.54) is 0 Å². The summed E-state index contributed by atoms with van der Waals surface area (Å²) in [7, 11) is -1.93. The van der Waals surface area contributed by atoms with E-state index in [1.54, 1.807) is 0 Å². The third kappa shape index (κ3) is 3.72. The molecule has 0 heterocycles. The van der Waals surface area contributed by atoms with E-state index in [2.05, 4.69) is 4.74 Å². The van der Waals surface area contributed by atoms with Crippen molar-refractivity contribution in [3.05, 3.63) is 23.8 Å². The SMILES string of the molecule is OCc1cc(OC(F)(F)F)cc(B(O)O)c1. The van der Waals surface area contributed by atoms with Crippen molar-refractivity contribution in [3.8, 4) is 5.75 Å². The fourth-order valence-electron chi connectivity index (χ4n) is 1.12. The third-order valence-electron chi connectivity index (χ3n) is 1.70. The maximum atomic E-state index is 11.9. The second kappa shape index (κ2) is 4.73. The summed E-state index contributed by atoms with van der Waals surface area (Å²) in [5.41, 5.74) is -0.101. The zero-order valence-corrected chi connectivity index (χ0v) is 7.90. The van der Waals surface area contributed by atoms with Gasteiger partial charge in [0.15, 0.2) is 0 Å². The molecule has 0 aliphatic rings. The average Bonchev–Trinajstić information content (AvgIpc) is 2.14. The third-order valence-corrected chi connectivity index (χ3v) is 1.70. The summed E-state index contributed by atoms with van der Waals surface area (Å²) < 4.78 is 39.3. The van der Waals surface area contributed by atoms with E-state index >= 15 is 0 Å². The molecule has 0 fully saturated rings. The fourth-order valence-corrected chi connectivity index (χ4v) is 1.12. The van der Waals surface area contributed by atoms with E-state index in [9.17, 15) is 13.2 Å². The summed E-state index contributed by atoms with van der Waals surface area (Å²) in [6.07, 6.45) is -4.87. The molecule has 0 bridgehead atoms. The summed E-state index contributed by atoms with van der Waals surface area (Å²) >= 11 is 0. The largest absolute Gasteiger partial charge is 0.573 e. The number of hydrogen-bond donors (Lipinski definition) is 3. The lowest BCUT2D eigenvalue weighted by Crippen LogP contribution is -2.30. The van der Waals surface area contributed by atoms with Gasteiger partial charge in [0.1, 0.15) is 5.75 Å². The van der Waals surface area contributed by atoms with E-state index in [0.29, 0.717) is 0 Å². The Hall–Kier alpha value is -1.25. The lowest BCUT2D eigenvalue weighted by molar-refractivity contribution is -0.274. The molecule has 0 spiro atoms. The van der Waals surface area contributed by atoms with Crippen LogP contribution in [0.25, 0.3) is 0 Å². The Morgan fingerprint density at radius 1 is 1.19 bits per heavy atom. The second-order valence-electron chi connectivity index (χ2n) is 2.99. The summed E-state index contributed by atoms with van der Waals surface area (Å²) in [6.45, 7) is -0.533. The molecule has 0 atom stereocenters. The van der Waals surface area contributed by atoms with Crippen molar-refractivity contribution in [2.75, 3.05) is 0 Å². The molecule has 16 heavy (non-hydrogen) atoms. The molecule has 4 nitrogen and oxygen atoms in total. The Labute approximate surface area is 89.0 Å². The molecule has 0 aromatic heterocycles. The molecule has 1 aromatic rings.